The average molecular weight is 283 g/mol. The third-order valence-electron chi connectivity index (χ3n) is 3.06. The Morgan fingerprint density at radius 2 is 2.21 bits per heavy atom. The number of halogens is 2. The number of imide groups is 1. The minimum absolute atomic E-state index is 0.0941. The third-order valence-corrected chi connectivity index (χ3v) is 3.37. The van der Waals surface area contributed by atoms with Crippen LogP contribution < -0.4 is 5.32 Å². The fourth-order valence-corrected chi connectivity index (χ4v) is 2.43. The van der Waals surface area contributed by atoms with E-state index in [1.807, 2.05) is 0 Å². The summed E-state index contributed by atoms with van der Waals surface area (Å²) < 4.78 is 13.1. The first-order valence-electron chi connectivity index (χ1n) is 5.60. The quantitative estimate of drug-likeness (QED) is 0.684. The van der Waals surface area contributed by atoms with Crippen molar-refractivity contribution in [3.63, 3.8) is 0 Å². The van der Waals surface area contributed by atoms with Crippen LogP contribution in [0, 0.1) is 5.82 Å². The molecule has 0 radical (unpaired) electrons. The lowest BCUT2D eigenvalue weighted by molar-refractivity contribution is -0.130. The summed E-state index contributed by atoms with van der Waals surface area (Å²) in [7, 11) is 0. The van der Waals surface area contributed by atoms with Crippen molar-refractivity contribution in [1.29, 1.82) is 0 Å². The van der Waals surface area contributed by atoms with Crippen molar-refractivity contribution in [2.75, 3.05) is 6.54 Å². The molecule has 3 amide bonds. The van der Waals surface area contributed by atoms with Crippen LogP contribution in [0.1, 0.15) is 12.5 Å². The van der Waals surface area contributed by atoms with Gasteiger partial charge in [0.05, 0.1) is 0 Å². The molecular formula is C13H12ClFN2O2. The molecule has 1 atom stereocenters. The molecule has 2 rings (SSSR count). The van der Waals surface area contributed by atoms with Crippen LogP contribution in [0.4, 0.5) is 9.18 Å². The van der Waals surface area contributed by atoms with Crippen molar-refractivity contribution < 1.29 is 14.0 Å². The van der Waals surface area contributed by atoms with E-state index in [0.717, 1.165) is 11.0 Å². The number of hydrogen-bond acceptors (Lipinski definition) is 2. The van der Waals surface area contributed by atoms with Crippen LogP contribution in [0.25, 0.3) is 0 Å². The number of nitrogens with one attached hydrogen (secondary N) is 1. The fourth-order valence-electron chi connectivity index (χ4n) is 2.07. The average Bonchev–Trinajstić information content (AvgIpc) is 2.54. The van der Waals surface area contributed by atoms with Gasteiger partial charge in [0.1, 0.15) is 11.4 Å². The summed E-state index contributed by atoms with van der Waals surface area (Å²) in [5.41, 5.74) is -0.925. The van der Waals surface area contributed by atoms with Crippen LogP contribution in [0.3, 0.4) is 0 Å². The summed E-state index contributed by atoms with van der Waals surface area (Å²) in [5.74, 6) is -0.942. The number of rotatable bonds is 3. The summed E-state index contributed by atoms with van der Waals surface area (Å²) in [6.07, 6.45) is 1.45. The zero-order valence-electron chi connectivity index (χ0n) is 10.2. The van der Waals surface area contributed by atoms with E-state index in [1.165, 1.54) is 25.1 Å². The molecule has 1 aromatic rings. The molecule has 100 valence electrons. The van der Waals surface area contributed by atoms with Crippen LogP contribution in [-0.2, 0) is 10.3 Å². The Kier molecular flexibility index (Phi) is 3.32. The largest absolute Gasteiger partial charge is 0.325 e. The van der Waals surface area contributed by atoms with E-state index in [9.17, 15) is 14.0 Å². The van der Waals surface area contributed by atoms with Crippen LogP contribution in [-0.4, -0.2) is 23.4 Å². The zero-order chi connectivity index (χ0) is 14.2. The SMILES string of the molecule is C=CCN1C(=O)N[C@](C)(c2ccc(F)cc2Cl)C1=O. The number of nitrogens with zero attached hydrogens (tertiary/aromatic N) is 1. The van der Waals surface area contributed by atoms with Crippen molar-refractivity contribution in [1.82, 2.24) is 10.2 Å². The maximum absolute atomic E-state index is 13.1. The lowest BCUT2D eigenvalue weighted by Gasteiger charge is -2.23. The summed E-state index contributed by atoms with van der Waals surface area (Å²) >= 11 is 5.95. The van der Waals surface area contributed by atoms with Crippen LogP contribution >= 0.6 is 11.6 Å². The molecule has 1 saturated heterocycles. The van der Waals surface area contributed by atoms with E-state index < -0.39 is 23.3 Å². The molecule has 6 heteroatoms. The molecule has 0 bridgehead atoms. The number of carbonyl (C=O) groups is 2. The second-order valence-corrected chi connectivity index (χ2v) is 4.79. The van der Waals surface area contributed by atoms with Crippen molar-refractivity contribution in [3.8, 4) is 0 Å². The van der Waals surface area contributed by atoms with Gasteiger partial charge in [0.2, 0.25) is 0 Å². The number of benzene rings is 1. The predicted molar refractivity (Wildman–Crippen MR) is 69.2 cm³/mol. The van der Waals surface area contributed by atoms with Gasteiger partial charge in [-0.15, -0.1) is 6.58 Å². The monoisotopic (exact) mass is 282 g/mol. The number of carbonyl (C=O) groups excluding carboxylic acids is 2. The van der Waals surface area contributed by atoms with Gasteiger partial charge in [-0.3, -0.25) is 9.69 Å². The first-order chi connectivity index (χ1) is 8.90. The van der Waals surface area contributed by atoms with E-state index in [1.54, 1.807) is 0 Å². The topological polar surface area (TPSA) is 49.4 Å². The van der Waals surface area contributed by atoms with E-state index in [4.69, 9.17) is 11.6 Å². The maximum atomic E-state index is 13.1. The highest BCUT2D eigenvalue weighted by Gasteiger charge is 2.49. The molecule has 0 aliphatic carbocycles. The number of urea groups is 1. The molecule has 0 saturated carbocycles. The minimum atomic E-state index is -1.29. The molecule has 1 fully saturated rings. The van der Waals surface area contributed by atoms with E-state index >= 15 is 0 Å². The molecular weight excluding hydrogens is 271 g/mol. The minimum Gasteiger partial charge on any atom is -0.319 e. The van der Waals surface area contributed by atoms with Crippen LogP contribution in [0.5, 0.6) is 0 Å². The summed E-state index contributed by atoms with van der Waals surface area (Å²) in [6.45, 7) is 5.14. The molecule has 1 N–H and O–H groups in total. The molecule has 1 aliphatic heterocycles. The van der Waals surface area contributed by atoms with Gasteiger partial charge in [0, 0.05) is 17.1 Å². The van der Waals surface area contributed by atoms with Crippen LogP contribution in [0.2, 0.25) is 5.02 Å². The second kappa shape index (κ2) is 4.66. The molecule has 4 nitrogen and oxygen atoms in total. The molecule has 0 unspecified atom stereocenters. The Labute approximate surface area is 114 Å². The summed E-state index contributed by atoms with van der Waals surface area (Å²) in [6, 6.07) is 3.18. The summed E-state index contributed by atoms with van der Waals surface area (Å²) in [4.78, 5) is 25.1. The van der Waals surface area contributed by atoms with Gasteiger partial charge >= 0.3 is 6.03 Å². The number of amides is 3. The lowest BCUT2D eigenvalue weighted by Crippen LogP contribution is -2.41. The molecule has 1 aliphatic rings. The van der Waals surface area contributed by atoms with E-state index in [-0.39, 0.29) is 11.6 Å². The van der Waals surface area contributed by atoms with Gasteiger partial charge in [0.25, 0.3) is 5.91 Å². The van der Waals surface area contributed by atoms with Gasteiger partial charge in [-0.2, -0.15) is 0 Å². The Hall–Kier alpha value is -1.88. The van der Waals surface area contributed by atoms with Crippen molar-refractivity contribution in [3.05, 3.63) is 47.3 Å². The standard InChI is InChI=1S/C13H12ClFN2O2/c1-3-6-17-11(18)13(2,16-12(17)19)9-5-4-8(15)7-10(9)14/h3-5,7H,1,6H2,2H3,(H,16,19)/t13-/m1/s1. The molecule has 0 aromatic heterocycles. The van der Waals surface area contributed by atoms with Crippen molar-refractivity contribution >= 4 is 23.5 Å². The molecule has 0 spiro atoms. The Morgan fingerprint density at radius 1 is 1.53 bits per heavy atom. The van der Waals surface area contributed by atoms with Crippen molar-refractivity contribution in [2.45, 2.75) is 12.5 Å². The first-order valence-corrected chi connectivity index (χ1v) is 5.98. The molecule has 1 aromatic carbocycles. The van der Waals surface area contributed by atoms with Gasteiger partial charge in [-0.25, -0.2) is 9.18 Å². The maximum Gasteiger partial charge on any atom is 0.325 e. The van der Waals surface area contributed by atoms with E-state index in [2.05, 4.69) is 11.9 Å². The highest BCUT2D eigenvalue weighted by molar-refractivity contribution is 6.32. The normalized spacial score (nSPS) is 22.6. The second-order valence-electron chi connectivity index (χ2n) is 4.38. The molecule has 19 heavy (non-hydrogen) atoms. The highest BCUT2D eigenvalue weighted by Crippen LogP contribution is 2.33. The fraction of sp³-hybridized carbons (Fsp3) is 0.231. The Bertz CT molecular complexity index is 576. The first kappa shape index (κ1) is 13.5. The highest BCUT2D eigenvalue weighted by atomic mass is 35.5. The Balaban J connectivity index is 2.46. The smallest absolute Gasteiger partial charge is 0.319 e. The van der Waals surface area contributed by atoms with Gasteiger partial charge < -0.3 is 5.32 Å². The van der Waals surface area contributed by atoms with Crippen LogP contribution in [0.15, 0.2) is 30.9 Å². The summed E-state index contributed by atoms with van der Waals surface area (Å²) in [5, 5.41) is 2.67. The van der Waals surface area contributed by atoms with Gasteiger partial charge in [-0.1, -0.05) is 23.7 Å². The van der Waals surface area contributed by atoms with Gasteiger partial charge in [0.15, 0.2) is 0 Å². The predicted octanol–water partition coefficient (Wildman–Crippen LogP) is 2.43. The van der Waals surface area contributed by atoms with E-state index in [0.29, 0.717) is 5.56 Å². The van der Waals surface area contributed by atoms with Crippen molar-refractivity contribution in [2.24, 2.45) is 0 Å². The third kappa shape index (κ3) is 2.10. The lowest BCUT2D eigenvalue weighted by atomic mass is 9.92. The zero-order valence-corrected chi connectivity index (χ0v) is 11.0. The van der Waals surface area contributed by atoms with Gasteiger partial charge in [-0.05, 0) is 19.1 Å². The Morgan fingerprint density at radius 3 is 2.79 bits per heavy atom. The number of hydrogen-bond donors (Lipinski definition) is 1. The molecule has 1 heterocycles.